The quantitative estimate of drug-likeness (QED) is 0.215. The summed E-state index contributed by atoms with van der Waals surface area (Å²) in [7, 11) is 1.31. The average molecular weight is 386 g/mol. The van der Waals surface area contributed by atoms with Gasteiger partial charge in [-0.1, -0.05) is 6.07 Å². The summed E-state index contributed by atoms with van der Waals surface area (Å²) >= 11 is 0. The number of carbonyl (C=O) groups is 3. The molecule has 0 saturated carbocycles. The van der Waals surface area contributed by atoms with E-state index >= 15 is 0 Å². The number of phenolic OH excluding ortho intramolecular Hbond substituents is 1. The van der Waals surface area contributed by atoms with Crippen molar-refractivity contribution in [2.45, 2.75) is 24.4 Å². The lowest BCUT2D eigenvalue weighted by molar-refractivity contribution is -0.182. The fourth-order valence-electron chi connectivity index (χ4n) is 1.90. The van der Waals surface area contributed by atoms with Crippen molar-refractivity contribution in [2.24, 2.45) is 0 Å². The van der Waals surface area contributed by atoms with Crippen molar-refractivity contribution >= 4 is 24.0 Å². The van der Waals surface area contributed by atoms with Crippen LogP contribution in [0.2, 0.25) is 0 Å². The molecule has 27 heavy (non-hydrogen) atoms. The van der Waals surface area contributed by atoms with Crippen molar-refractivity contribution in [2.75, 3.05) is 7.11 Å². The number of aliphatic hydroxyl groups is 3. The number of hydrogen-bond acceptors (Lipinski definition) is 9. The molecular formula is C16H18O11. The van der Waals surface area contributed by atoms with E-state index in [1.54, 1.807) is 0 Å². The molecule has 1 rings (SSSR count). The molecule has 0 amide bonds. The zero-order valence-corrected chi connectivity index (χ0v) is 13.9. The van der Waals surface area contributed by atoms with Crippen molar-refractivity contribution in [3.63, 3.8) is 0 Å². The van der Waals surface area contributed by atoms with Crippen LogP contribution in [0.15, 0.2) is 24.3 Å². The Morgan fingerprint density at radius 1 is 1.04 bits per heavy atom. The van der Waals surface area contributed by atoms with E-state index in [0.29, 0.717) is 5.56 Å². The highest BCUT2D eigenvalue weighted by atomic mass is 16.6. The summed E-state index contributed by atoms with van der Waals surface area (Å²) in [4.78, 5) is 33.5. The summed E-state index contributed by atoms with van der Waals surface area (Å²) in [6, 6.07) is 4.07. The van der Waals surface area contributed by atoms with Crippen molar-refractivity contribution in [1.82, 2.24) is 0 Å². The molecule has 0 aliphatic rings. The van der Waals surface area contributed by atoms with Crippen LogP contribution in [-0.4, -0.2) is 80.1 Å². The van der Waals surface area contributed by atoms with Crippen LogP contribution in [0, 0.1) is 0 Å². The van der Waals surface area contributed by atoms with Gasteiger partial charge in [-0.3, -0.25) is 0 Å². The Morgan fingerprint density at radius 2 is 1.67 bits per heavy atom. The van der Waals surface area contributed by atoms with Gasteiger partial charge in [0.05, 0.1) is 7.11 Å². The SMILES string of the molecule is COc1cc(/C=C/C(=O)O[C@H](C(=O)O)[C@H](O)[C@H](O)[C@@H](O)C(=O)O)ccc1O. The maximum absolute atomic E-state index is 11.8. The van der Waals surface area contributed by atoms with E-state index in [1.165, 1.54) is 31.4 Å². The Balaban J connectivity index is 2.87. The fraction of sp³-hybridized carbons (Fsp3) is 0.312. The van der Waals surface area contributed by atoms with Crippen LogP contribution < -0.4 is 4.74 Å². The van der Waals surface area contributed by atoms with E-state index in [1.807, 2.05) is 0 Å². The maximum atomic E-state index is 11.8. The number of aromatic hydroxyl groups is 1. The van der Waals surface area contributed by atoms with Crippen LogP contribution in [-0.2, 0) is 19.1 Å². The Morgan fingerprint density at radius 3 is 2.19 bits per heavy atom. The largest absolute Gasteiger partial charge is 0.504 e. The Hall–Kier alpha value is -3.15. The van der Waals surface area contributed by atoms with Gasteiger partial charge >= 0.3 is 17.9 Å². The third-order valence-corrected chi connectivity index (χ3v) is 3.34. The summed E-state index contributed by atoms with van der Waals surface area (Å²) in [6.45, 7) is 0. The first-order chi connectivity index (χ1) is 12.6. The van der Waals surface area contributed by atoms with Gasteiger partial charge in [0.1, 0.15) is 12.2 Å². The number of carboxylic acid groups (broad SMARTS) is 2. The highest BCUT2D eigenvalue weighted by molar-refractivity contribution is 5.89. The fourth-order valence-corrected chi connectivity index (χ4v) is 1.90. The molecule has 11 nitrogen and oxygen atoms in total. The molecule has 0 aliphatic carbocycles. The van der Waals surface area contributed by atoms with E-state index in [4.69, 9.17) is 20.1 Å². The smallest absolute Gasteiger partial charge is 0.347 e. The van der Waals surface area contributed by atoms with Crippen molar-refractivity contribution in [3.8, 4) is 11.5 Å². The van der Waals surface area contributed by atoms with E-state index in [0.717, 1.165) is 6.08 Å². The maximum Gasteiger partial charge on any atom is 0.347 e. The lowest BCUT2D eigenvalue weighted by Crippen LogP contribution is -2.51. The number of carbonyl (C=O) groups excluding carboxylic acids is 1. The molecule has 0 aromatic heterocycles. The van der Waals surface area contributed by atoms with Gasteiger partial charge in [0.25, 0.3) is 0 Å². The molecule has 148 valence electrons. The average Bonchev–Trinajstić information content (AvgIpc) is 2.63. The second kappa shape index (κ2) is 9.52. The summed E-state index contributed by atoms with van der Waals surface area (Å²) < 4.78 is 9.38. The minimum atomic E-state index is -2.49. The summed E-state index contributed by atoms with van der Waals surface area (Å²) in [5, 5.41) is 55.4. The van der Waals surface area contributed by atoms with Gasteiger partial charge in [0.15, 0.2) is 17.6 Å². The van der Waals surface area contributed by atoms with Crippen LogP contribution in [0.4, 0.5) is 0 Å². The molecule has 4 atom stereocenters. The number of aliphatic hydroxyl groups excluding tert-OH is 3. The summed E-state index contributed by atoms with van der Waals surface area (Å²) in [6.07, 6.45) is -7.64. The molecule has 1 aromatic rings. The number of hydrogen-bond donors (Lipinski definition) is 6. The van der Waals surface area contributed by atoms with E-state index in [9.17, 15) is 29.7 Å². The van der Waals surface area contributed by atoms with Crippen LogP contribution in [0.1, 0.15) is 5.56 Å². The van der Waals surface area contributed by atoms with Crippen molar-refractivity contribution < 1.29 is 54.5 Å². The lowest BCUT2D eigenvalue weighted by Gasteiger charge is -2.24. The zero-order chi connectivity index (χ0) is 20.7. The molecule has 0 saturated heterocycles. The third kappa shape index (κ3) is 5.95. The monoisotopic (exact) mass is 386 g/mol. The van der Waals surface area contributed by atoms with E-state index < -0.39 is 42.3 Å². The molecule has 1 aromatic carbocycles. The van der Waals surface area contributed by atoms with Gasteiger partial charge in [-0.15, -0.1) is 0 Å². The number of ether oxygens (including phenoxy) is 2. The summed E-state index contributed by atoms with van der Waals surface area (Å²) in [5.41, 5.74) is 0.385. The molecule has 0 bridgehead atoms. The molecule has 0 heterocycles. The Labute approximate surface area is 152 Å². The normalized spacial score (nSPS) is 15.6. The van der Waals surface area contributed by atoms with E-state index in [2.05, 4.69) is 4.74 Å². The number of benzene rings is 1. The van der Waals surface area contributed by atoms with Crippen molar-refractivity contribution in [3.05, 3.63) is 29.8 Å². The number of aliphatic carboxylic acids is 2. The van der Waals surface area contributed by atoms with Gasteiger partial charge in [0.2, 0.25) is 6.10 Å². The zero-order valence-electron chi connectivity index (χ0n) is 13.9. The molecule has 0 fully saturated rings. The molecule has 6 N–H and O–H groups in total. The highest BCUT2D eigenvalue weighted by Gasteiger charge is 2.40. The number of carboxylic acids is 2. The minimum absolute atomic E-state index is 0.120. The molecule has 0 unspecified atom stereocenters. The van der Waals surface area contributed by atoms with Crippen LogP contribution in [0.5, 0.6) is 11.5 Å². The van der Waals surface area contributed by atoms with Gasteiger partial charge in [0, 0.05) is 6.08 Å². The second-order valence-corrected chi connectivity index (χ2v) is 5.22. The van der Waals surface area contributed by atoms with E-state index in [-0.39, 0.29) is 11.5 Å². The predicted molar refractivity (Wildman–Crippen MR) is 86.9 cm³/mol. The van der Waals surface area contributed by atoms with Gasteiger partial charge in [-0.25, -0.2) is 14.4 Å². The molecular weight excluding hydrogens is 368 g/mol. The second-order valence-electron chi connectivity index (χ2n) is 5.22. The first-order valence-corrected chi connectivity index (χ1v) is 7.34. The number of methoxy groups -OCH3 is 1. The number of rotatable bonds is 9. The van der Waals surface area contributed by atoms with Crippen molar-refractivity contribution in [1.29, 1.82) is 0 Å². The molecule has 0 spiro atoms. The summed E-state index contributed by atoms with van der Waals surface area (Å²) in [5.74, 6) is -5.02. The van der Waals surface area contributed by atoms with Gasteiger partial charge in [-0.05, 0) is 23.8 Å². The topological polar surface area (TPSA) is 191 Å². The number of esters is 1. The molecule has 11 heteroatoms. The van der Waals surface area contributed by atoms with Gasteiger partial charge in [-0.2, -0.15) is 0 Å². The van der Waals surface area contributed by atoms with Crippen LogP contribution in [0.25, 0.3) is 6.08 Å². The number of phenols is 1. The highest BCUT2D eigenvalue weighted by Crippen LogP contribution is 2.26. The third-order valence-electron chi connectivity index (χ3n) is 3.34. The lowest BCUT2D eigenvalue weighted by atomic mass is 10.0. The molecule has 0 radical (unpaired) electrons. The predicted octanol–water partition coefficient (Wildman–Crippen LogP) is -1.42. The molecule has 0 aliphatic heterocycles. The van der Waals surface area contributed by atoms with Gasteiger partial charge < -0.3 is 40.1 Å². The van der Waals surface area contributed by atoms with Crippen LogP contribution in [0.3, 0.4) is 0 Å². The minimum Gasteiger partial charge on any atom is -0.504 e. The Kier molecular flexibility index (Phi) is 7.72. The van der Waals surface area contributed by atoms with Crippen LogP contribution >= 0.6 is 0 Å². The first kappa shape index (κ1) is 21.9. The standard InChI is InChI=1S/C16H18O11/c1-26-9-6-7(2-4-8(9)17)3-5-10(18)27-14(16(24)25)12(20)11(19)13(21)15(22)23/h2-6,11-14,17,19-21H,1H3,(H,22,23)(H,24,25)/b5-3+/t11-,12+,13+,14-/m0/s1. The first-order valence-electron chi connectivity index (χ1n) is 7.34. The Bertz CT molecular complexity index is 727.